The Morgan fingerprint density at radius 3 is 2.56 bits per heavy atom. The molecule has 2 N–H and O–H groups in total. The Kier molecular flexibility index (Phi) is 8.00. The summed E-state index contributed by atoms with van der Waals surface area (Å²) in [6.07, 6.45) is 0.841. The molecule has 1 unspecified atom stereocenters. The third kappa shape index (κ3) is 6.10. The number of carbonyl (C=O) groups excluding carboxylic acids is 3. The van der Waals surface area contributed by atoms with Gasteiger partial charge in [0.1, 0.15) is 0 Å². The third-order valence-corrected chi connectivity index (χ3v) is 6.19. The number of benzene rings is 3. The van der Waals surface area contributed by atoms with Gasteiger partial charge in [0, 0.05) is 24.3 Å². The zero-order chi connectivity index (χ0) is 25.5. The fourth-order valence-corrected chi connectivity index (χ4v) is 4.40. The predicted molar refractivity (Wildman–Crippen MR) is 139 cm³/mol. The number of ether oxygens (including phenoxy) is 1. The molecule has 3 amide bonds. The first-order valence-corrected chi connectivity index (χ1v) is 12.2. The fourth-order valence-electron chi connectivity index (χ4n) is 4.40. The van der Waals surface area contributed by atoms with Crippen molar-refractivity contribution in [1.82, 2.24) is 10.6 Å². The third-order valence-electron chi connectivity index (χ3n) is 6.19. The predicted octanol–water partition coefficient (Wildman–Crippen LogP) is 4.69. The maximum Gasteiger partial charge on any atom is 0.315 e. The molecule has 1 aliphatic heterocycles. The molecule has 1 heterocycles. The zero-order valence-electron chi connectivity index (χ0n) is 20.6. The topological polar surface area (TPSA) is 87.7 Å². The summed E-state index contributed by atoms with van der Waals surface area (Å²) in [5.41, 5.74) is 5.41. The molecule has 0 saturated carbocycles. The Balaban J connectivity index is 1.41. The first kappa shape index (κ1) is 25.0. The molecule has 1 atom stereocenters. The lowest BCUT2D eigenvalue weighted by atomic mass is 10.0. The number of fused-ring (bicyclic) bond motifs is 1. The van der Waals surface area contributed by atoms with Gasteiger partial charge in [-0.05, 0) is 55.2 Å². The standard InChI is InChI=1S/C29H31N3O4/c1-3-36-27(33)18-25(22-9-5-4-6-10-22)31-29(35)30-19-21-12-13-23-14-15-32(26(23)17-21)28(34)24-11-7-8-20(2)16-24/h4-13,16-17,25H,3,14-15,18-19H2,1-2H3,(H2,30,31,35). The maximum absolute atomic E-state index is 13.1. The molecule has 0 aromatic heterocycles. The highest BCUT2D eigenvalue weighted by Gasteiger charge is 2.26. The van der Waals surface area contributed by atoms with E-state index in [2.05, 4.69) is 10.6 Å². The van der Waals surface area contributed by atoms with Gasteiger partial charge in [0.05, 0.1) is 19.1 Å². The Morgan fingerprint density at radius 2 is 1.81 bits per heavy atom. The van der Waals surface area contributed by atoms with Crippen LogP contribution in [0.3, 0.4) is 0 Å². The minimum Gasteiger partial charge on any atom is -0.466 e. The Morgan fingerprint density at radius 1 is 1.00 bits per heavy atom. The Bertz CT molecular complexity index is 1240. The van der Waals surface area contributed by atoms with Crippen LogP contribution in [0, 0.1) is 6.92 Å². The fraction of sp³-hybridized carbons (Fsp3) is 0.276. The maximum atomic E-state index is 13.1. The number of rotatable bonds is 8. The second kappa shape index (κ2) is 11.5. The number of hydrogen-bond donors (Lipinski definition) is 2. The second-order valence-electron chi connectivity index (χ2n) is 8.84. The van der Waals surface area contributed by atoms with Crippen LogP contribution in [-0.2, 0) is 22.5 Å². The summed E-state index contributed by atoms with van der Waals surface area (Å²) in [6.45, 7) is 4.92. The van der Waals surface area contributed by atoms with Crippen molar-refractivity contribution >= 4 is 23.6 Å². The van der Waals surface area contributed by atoms with E-state index in [1.165, 1.54) is 0 Å². The summed E-state index contributed by atoms with van der Waals surface area (Å²) >= 11 is 0. The molecule has 1 aliphatic rings. The highest BCUT2D eigenvalue weighted by atomic mass is 16.5. The normalized spacial score (nSPS) is 13.0. The molecule has 4 rings (SSSR count). The molecule has 0 spiro atoms. The van der Waals surface area contributed by atoms with E-state index >= 15 is 0 Å². The van der Waals surface area contributed by atoms with E-state index in [9.17, 15) is 14.4 Å². The minimum absolute atomic E-state index is 0.0232. The van der Waals surface area contributed by atoms with Gasteiger partial charge in [-0.15, -0.1) is 0 Å². The van der Waals surface area contributed by atoms with Crippen molar-refractivity contribution in [1.29, 1.82) is 0 Å². The van der Waals surface area contributed by atoms with E-state index < -0.39 is 6.04 Å². The van der Waals surface area contributed by atoms with Crippen LogP contribution in [0.4, 0.5) is 10.5 Å². The summed E-state index contributed by atoms with van der Waals surface area (Å²) < 4.78 is 5.07. The molecule has 3 aromatic rings. The molecule has 0 radical (unpaired) electrons. The first-order valence-electron chi connectivity index (χ1n) is 12.2. The highest BCUT2D eigenvalue weighted by molar-refractivity contribution is 6.07. The Labute approximate surface area is 211 Å². The average molecular weight is 486 g/mol. The van der Waals surface area contributed by atoms with Crippen LogP contribution in [0.25, 0.3) is 0 Å². The number of nitrogens with zero attached hydrogens (tertiary/aromatic N) is 1. The van der Waals surface area contributed by atoms with Crippen molar-refractivity contribution in [3.8, 4) is 0 Å². The SMILES string of the molecule is CCOC(=O)CC(NC(=O)NCc1ccc2c(c1)N(C(=O)c1cccc(C)c1)CC2)c1ccccc1. The van der Waals surface area contributed by atoms with Gasteiger partial charge in [-0.1, -0.05) is 60.2 Å². The van der Waals surface area contributed by atoms with E-state index in [-0.39, 0.29) is 37.5 Å². The van der Waals surface area contributed by atoms with Crippen molar-refractivity contribution in [2.45, 2.75) is 39.3 Å². The van der Waals surface area contributed by atoms with E-state index in [1.54, 1.807) is 11.8 Å². The van der Waals surface area contributed by atoms with Crippen LogP contribution in [-0.4, -0.2) is 31.1 Å². The Hall–Kier alpha value is -4.13. The number of hydrogen-bond acceptors (Lipinski definition) is 4. The van der Waals surface area contributed by atoms with Gasteiger partial charge in [0.25, 0.3) is 5.91 Å². The van der Waals surface area contributed by atoms with E-state index in [0.717, 1.165) is 34.4 Å². The molecular formula is C29H31N3O4. The molecule has 186 valence electrons. The molecular weight excluding hydrogens is 454 g/mol. The van der Waals surface area contributed by atoms with Gasteiger partial charge in [0.15, 0.2) is 0 Å². The lowest BCUT2D eigenvalue weighted by molar-refractivity contribution is -0.143. The van der Waals surface area contributed by atoms with Crippen LogP contribution in [0.2, 0.25) is 0 Å². The van der Waals surface area contributed by atoms with Crippen molar-refractivity contribution in [3.05, 3.63) is 101 Å². The molecule has 0 bridgehead atoms. The van der Waals surface area contributed by atoms with E-state index in [4.69, 9.17) is 4.74 Å². The number of nitrogens with one attached hydrogen (secondary N) is 2. The lowest BCUT2D eigenvalue weighted by Gasteiger charge is -2.20. The van der Waals surface area contributed by atoms with Gasteiger partial charge in [-0.25, -0.2) is 4.79 Å². The van der Waals surface area contributed by atoms with Crippen molar-refractivity contribution < 1.29 is 19.1 Å². The number of carbonyl (C=O) groups is 3. The van der Waals surface area contributed by atoms with E-state index in [0.29, 0.717) is 12.1 Å². The van der Waals surface area contributed by atoms with Crippen molar-refractivity contribution in [2.75, 3.05) is 18.1 Å². The number of aryl methyl sites for hydroxylation is 1. The van der Waals surface area contributed by atoms with Gasteiger partial charge >= 0.3 is 12.0 Å². The molecule has 36 heavy (non-hydrogen) atoms. The number of amides is 3. The monoisotopic (exact) mass is 485 g/mol. The van der Waals surface area contributed by atoms with Crippen LogP contribution in [0.5, 0.6) is 0 Å². The van der Waals surface area contributed by atoms with Crippen molar-refractivity contribution in [2.24, 2.45) is 0 Å². The second-order valence-corrected chi connectivity index (χ2v) is 8.84. The van der Waals surface area contributed by atoms with E-state index in [1.807, 2.05) is 79.7 Å². The largest absolute Gasteiger partial charge is 0.466 e. The highest BCUT2D eigenvalue weighted by Crippen LogP contribution is 2.30. The van der Waals surface area contributed by atoms with Crippen LogP contribution < -0.4 is 15.5 Å². The van der Waals surface area contributed by atoms with Gasteiger partial charge < -0.3 is 20.3 Å². The average Bonchev–Trinajstić information content (AvgIpc) is 3.30. The number of esters is 1. The molecule has 7 nitrogen and oxygen atoms in total. The quantitative estimate of drug-likeness (QED) is 0.453. The number of anilines is 1. The summed E-state index contributed by atoms with van der Waals surface area (Å²) in [7, 11) is 0. The molecule has 0 aliphatic carbocycles. The van der Waals surface area contributed by atoms with Crippen molar-refractivity contribution in [3.63, 3.8) is 0 Å². The molecule has 0 fully saturated rings. The molecule has 0 saturated heterocycles. The summed E-state index contributed by atoms with van der Waals surface area (Å²) in [6, 6.07) is 22.0. The molecule has 3 aromatic carbocycles. The first-order chi connectivity index (χ1) is 17.4. The number of urea groups is 1. The smallest absolute Gasteiger partial charge is 0.315 e. The summed E-state index contributed by atoms with van der Waals surface area (Å²) in [5.74, 6) is -0.395. The minimum atomic E-state index is -0.507. The van der Waals surface area contributed by atoms with Gasteiger partial charge in [-0.2, -0.15) is 0 Å². The van der Waals surface area contributed by atoms with Gasteiger partial charge in [0.2, 0.25) is 0 Å². The summed E-state index contributed by atoms with van der Waals surface area (Å²) in [5, 5.41) is 5.76. The van der Waals surface area contributed by atoms with Crippen LogP contribution >= 0.6 is 0 Å². The molecule has 7 heteroatoms. The zero-order valence-corrected chi connectivity index (χ0v) is 20.6. The van der Waals surface area contributed by atoms with Crippen LogP contribution in [0.15, 0.2) is 72.8 Å². The summed E-state index contributed by atoms with van der Waals surface area (Å²) in [4.78, 5) is 39.7. The van der Waals surface area contributed by atoms with Crippen LogP contribution in [0.1, 0.15) is 52.0 Å². The van der Waals surface area contributed by atoms with Gasteiger partial charge in [-0.3, -0.25) is 9.59 Å². The lowest BCUT2D eigenvalue weighted by Crippen LogP contribution is -2.38.